The molecule has 4 aromatic rings. The molecule has 0 spiro atoms. The first-order chi connectivity index (χ1) is 14.5. The second kappa shape index (κ2) is 8.61. The summed E-state index contributed by atoms with van der Waals surface area (Å²) in [4.78, 5) is 17.6. The van der Waals surface area contributed by atoms with E-state index in [1.807, 2.05) is 12.1 Å². The fourth-order valence-electron chi connectivity index (χ4n) is 2.69. The number of nitrogens with zero attached hydrogens (tertiary/aromatic N) is 3. The van der Waals surface area contributed by atoms with E-state index in [0.29, 0.717) is 25.9 Å². The van der Waals surface area contributed by atoms with Crippen molar-refractivity contribution in [2.75, 3.05) is 12.1 Å². The van der Waals surface area contributed by atoms with Gasteiger partial charge in [-0.1, -0.05) is 22.9 Å². The zero-order valence-electron chi connectivity index (χ0n) is 15.8. The predicted octanol–water partition coefficient (Wildman–Crippen LogP) is 5.78. The van der Waals surface area contributed by atoms with Gasteiger partial charge in [0.1, 0.15) is 11.6 Å². The van der Waals surface area contributed by atoms with E-state index in [9.17, 15) is 9.18 Å². The normalized spacial score (nSPS) is 11.2. The van der Waals surface area contributed by atoms with Crippen LogP contribution < -0.4 is 9.75 Å². The Labute approximate surface area is 181 Å². The van der Waals surface area contributed by atoms with Crippen molar-refractivity contribution >= 4 is 50.4 Å². The Morgan fingerprint density at radius 2 is 1.87 bits per heavy atom. The van der Waals surface area contributed by atoms with Crippen molar-refractivity contribution in [3.05, 3.63) is 88.7 Å². The van der Waals surface area contributed by atoms with Crippen LogP contribution in [0.4, 0.5) is 9.52 Å². The van der Waals surface area contributed by atoms with Crippen LogP contribution in [0.2, 0.25) is 5.02 Å². The van der Waals surface area contributed by atoms with Crippen LogP contribution in [0, 0.1) is 5.82 Å². The molecule has 5 nitrogen and oxygen atoms in total. The van der Waals surface area contributed by atoms with Crippen molar-refractivity contribution in [1.82, 2.24) is 4.98 Å². The van der Waals surface area contributed by atoms with Gasteiger partial charge in [-0.15, -0.1) is 0 Å². The van der Waals surface area contributed by atoms with Crippen LogP contribution in [0.5, 0.6) is 5.75 Å². The lowest BCUT2D eigenvalue weighted by molar-refractivity contribution is 0.0988. The van der Waals surface area contributed by atoms with Gasteiger partial charge in [0.15, 0.2) is 0 Å². The molecule has 0 aliphatic heterocycles. The summed E-state index contributed by atoms with van der Waals surface area (Å²) < 4.78 is 19.4. The fourth-order valence-corrected chi connectivity index (χ4v) is 3.77. The minimum Gasteiger partial charge on any atom is -0.497 e. The van der Waals surface area contributed by atoms with E-state index in [-0.39, 0.29) is 11.7 Å². The van der Waals surface area contributed by atoms with Crippen LogP contribution in [0.25, 0.3) is 10.2 Å². The number of hydrazone groups is 1. The molecule has 0 atom stereocenters. The zero-order valence-corrected chi connectivity index (χ0v) is 17.3. The number of halogens is 2. The SMILES string of the molecule is COc1ccc(/C=N/N(C(=O)c2ccc(Cl)cc2)c2nc3ccc(F)cc3s2)cc1. The Kier molecular flexibility index (Phi) is 5.74. The van der Waals surface area contributed by atoms with E-state index < -0.39 is 0 Å². The third-order valence-electron chi connectivity index (χ3n) is 4.24. The first-order valence-electron chi connectivity index (χ1n) is 8.87. The monoisotopic (exact) mass is 439 g/mol. The van der Waals surface area contributed by atoms with Gasteiger partial charge in [0.25, 0.3) is 5.91 Å². The molecule has 3 aromatic carbocycles. The standard InChI is InChI=1S/C22H15ClFN3O2S/c1-29-18-9-2-14(3-10-18)13-25-27(21(28)15-4-6-16(23)7-5-15)22-26-19-11-8-17(24)12-20(19)30-22/h2-13H,1H3/b25-13+. The summed E-state index contributed by atoms with van der Waals surface area (Å²) >= 11 is 7.12. The van der Waals surface area contributed by atoms with Crippen molar-refractivity contribution in [3.63, 3.8) is 0 Å². The third kappa shape index (κ3) is 4.32. The van der Waals surface area contributed by atoms with Gasteiger partial charge in [-0.05, 0) is 72.3 Å². The van der Waals surface area contributed by atoms with Crippen LogP contribution in [0.15, 0.2) is 71.8 Å². The number of aromatic nitrogens is 1. The van der Waals surface area contributed by atoms with Gasteiger partial charge in [0.05, 0.1) is 23.5 Å². The van der Waals surface area contributed by atoms with E-state index in [0.717, 1.165) is 11.3 Å². The molecule has 1 aromatic heterocycles. The maximum atomic E-state index is 13.6. The highest BCUT2D eigenvalue weighted by Gasteiger charge is 2.21. The van der Waals surface area contributed by atoms with Gasteiger partial charge in [-0.25, -0.2) is 9.37 Å². The summed E-state index contributed by atoms with van der Waals surface area (Å²) in [6.45, 7) is 0. The minimum atomic E-state index is -0.379. The molecule has 0 saturated heterocycles. The molecule has 1 heterocycles. The zero-order chi connectivity index (χ0) is 21.1. The molecule has 0 aliphatic rings. The van der Waals surface area contributed by atoms with Gasteiger partial charge in [-0.3, -0.25) is 4.79 Å². The fraction of sp³-hybridized carbons (Fsp3) is 0.0455. The van der Waals surface area contributed by atoms with Gasteiger partial charge in [-0.2, -0.15) is 10.1 Å². The highest BCUT2D eigenvalue weighted by molar-refractivity contribution is 7.22. The number of hydrogen-bond donors (Lipinski definition) is 0. The van der Waals surface area contributed by atoms with Gasteiger partial charge in [0.2, 0.25) is 5.13 Å². The molecule has 150 valence electrons. The number of amides is 1. The molecule has 0 aliphatic carbocycles. The van der Waals surface area contributed by atoms with Gasteiger partial charge < -0.3 is 4.74 Å². The molecular formula is C22H15ClFN3O2S. The summed E-state index contributed by atoms with van der Waals surface area (Å²) in [6, 6.07) is 18.0. The van der Waals surface area contributed by atoms with Crippen LogP contribution in [0.3, 0.4) is 0 Å². The Balaban J connectivity index is 1.73. The lowest BCUT2D eigenvalue weighted by Gasteiger charge is -2.14. The van der Waals surface area contributed by atoms with Crippen molar-refractivity contribution in [2.24, 2.45) is 5.10 Å². The first-order valence-corrected chi connectivity index (χ1v) is 10.1. The second-order valence-corrected chi connectivity index (χ2v) is 7.70. The van der Waals surface area contributed by atoms with Crippen LogP contribution in [-0.4, -0.2) is 24.2 Å². The largest absolute Gasteiger partial charge is 0.497 e. The first kappa shape index (κ1) is 20.0. The van der Waals surface area contributed by atoms with E-state index in [1.54, 1.807) is 55.8 Å². The smallest absolute Gasteiger partial charge is 0.280 e. The molecule has 0 radical (unpaired) electrons. The number of methoxy groups -OCH3 is 1. The maximum Gasteiger partial charge on any atom is 0.280 e. The molecule has 0 bridgehead atoms. The van der Waals surface area contributed by atoms with Crippen molar-refractivity contribution in [2.45, 2.75) is 0 Å². The topological polar surface area (TPSA) is 54.8 Å². The quantitative estimate of drug-likeness (QED) is 0.292. The van der Waals surface area contributed by atoms with Crippen molar-refractivity contribution in [1.29, 1.82) is 0 Å². The summed E-state index contributed by atoms with van der Waals surface area (Å²) in [5.74, 6) is -0.0274. The molecule has 0 unspecified atom stereocenters. The number of hydrogen-bond acceptors (Lipinski definition) is 5. The summed E-state index contributed by atoms with van der Waals surface area (Å²) in [5, 5.41) is 6.44. The number of fused-ring (bicyclic) bond motifs is 1. The highest BCUT2D eigenvalue weighted by Crippen LogP contribution is 2.30. The Morgan fingerprint density at radius 1 is 1.13 bits per heavy atom. The molecule has 0 N–H and O–H groups in total. The van der Waals surface area contributed by atoms with Gasteiger partial charge in [0, 0.05) is 10.6 Å². The average molecular weight is 440 g/mol. The summed E-state index contributed by atoms with van der Waals surface area (Å²) in [5.41, 5.74) is 1.76. The molecule has 30 heavy (non-hydrogen) atoms. The Bertz CT molecular complexity index is 1220. The maximum absolute atomic E-state index is 13.6. The number of ether oxygens (including phenoxy) is 1. The van der Waals surface area contributed by atoms with Crippen molar-refractivity contribution < 1.29 is 13.9 Å². The lowest BCUT2D eigenvalue weighted by atomic mass is 10.2. The van der Waals surface area contributed by atoms with Crippen molar-refractivity contribution in [3.8, 4) is 5.75 Å². The molecule has 0 fully saturated rings. The van der Waals surface area contributed by atoms with E-state index in [4.69, 9.17) is 16.3 Å². The number of rotatable bonds is 5. The average Bonchev–Trinajstić information content (AvgIpc) is 3.17. The van der Waals surface area contributed by atoms with E-state index in [1.165, 1.54) is 28.5 Å². The molecular weight excluding hydrogens is 425 g/mol. The Morgan fingerprint density at radius 3 is 2.57 bits per heavy atom. The highest BCUT2D eigenvalue weighted by atomic mass is 35.5. The minimum absolute atomic E-state index is 0.334. The molecule has 8 heteroatoms. The molecule has 1 amide bonds. The van der Waals surface area contributed by atoms with E-state index in [2.05, 4.69) is 10.1 Å². The number of benzene rings is 3. The summed E-state index contributed by atoms with van der Waals surface area (Å²) in [7, 11) is 1.59. The molecule has 0 saturated carbocycles. The third-order valence-corrected chi connectivity index (χ3v) is 5.49. The molecule has 4 rings (SSSR count). The number of carbonyl (C=O) groups excluding carboxylic acids is 1. The van der Waals surface area contributed by atoms with E-state index >= 15 is 0 Å². The predicted molar refractivity (Wildman–Crippen MR) is 118 cm³/mol. The lowest BCUT2D eigenvalue weighted by Crippen LogP contribution is -2.25. The number of anilines is 1. The van der Waals surface area contributed by atoms with Crippen LogP contribution in [-0.2, 0) is 0 Å². The second-order valence-electron chi connectivity index (χ2n) is 6.25. The van der Waals surface area contributed by atoms with Gasteiger partial charge >= 0.3 is 0 Å². The van der Waals surface area contributed by atoms with Crippen LogP contribution >= 0.6 is 22.9 Å². The number of carbonyl (C=O) groups is 1. The summed E-state index contributed by atoms with van der Waals surface area (Å²) in [6.07, 6.45) is 1.56. The van der Waals surface area contributed by atoms with Crippen LogP contribution in [0.1, 0.15) is 15.9 Å². The Hall–Kier alpha value is -3.29. The number of thiazole rings is 1.